The molecule has 0 aromatic heterocycles. The zero-order chi connectivity index (χ0) is 8.74. The molecule has 4 nitrogen and oxygen atoms in total. The third-order valence-corrected chi connectivity index (χ3v) is 4.42. The van der Waals surface area contributed by atoms with Crippen LogP contribution in [0.4, 0.5) is 0 Å². The molecule has 0 spiro atoms. The van der Waals surface area contributed by atoms with Crippen molar-refractivity contribution < 1.29 is 32.8 Å². The Morgan fingerprint density at radius 1 is 1.08 bits per heavy atom. The van der Waals surface area contributed by atoms with E-state index in [0.29, 0.717) is 6.54 Å². The van der Waals surface area contributed by atoms with E-state index in [9.17, 15) is 0 Å². The number of hydrogen-bond donors (Lipinski definition) is 0. The van der Waals surface area contributed by atoms with Crippen LogP contribution in [0.5, 0.6) is 0 Å². The molecule has 0 amide bonds. The summed E-state index contributed by atoms with van der Waals surface area (Å²) in [5, 5.41) is 0. The first-order valence-corrected chi connectivity index (χ1v) is 5.48. The second-order valence-electron chi connectivity index (χ2n) is 2.15. The molecule has 75 valence electrons. The molecule has 1 N–H and O–H groups in total. The quantitative estimate of drug-likeness (QED) is 0.689. The van der Waals surface area contributed by atoms with Crippen LogP contribution in [0.3, 0.4) is 0 Å². The fourth-order valence-corrected chi connectivity index (χ4v) is 2.58. The molecule has 0 bridgehead atoms. The molecular weight excluding hydrogens is 263 g/mol. The van der Waals surface area contributed by atoms with E-state index in [1.54, 1.807) is 21.3 Å². The monoisotopic (exact) mass is 280 g/mol. The molecule has 0 rings (SSSR count). The summed E-state index contributed by atoms with van der Waals surface area (Å²) in [6, 6.07) is 0.722. The van der Waals surface area contributed by atoms with Gasteiger partial charge in [-0.05, 0) is 0 Å². The molecule has 12 heavy (non-hydrogen) atoms. The Hall–Kier alpha value is 0.680. The smallest absolute Gasteiger partial charge is 0.677 e. The summed E-state index contributed by atoms with van der Waals surface area (Å²) < 4.78 is 15.4. The van der Waals surface area contributed by atoms with E-state index < -0.39 is 8.80 Å². The Morgan fingerprint density at radius 2 is 1.50 bits per heavy atom. The van der Waals surface area contributed by atoms with Gasteiger partial charge in [0.1, 0.15) is 0 Å². The molecule has 0 saturated heterocycles. The minimum Gasteiger partial charge on any atom is -0.677 e. The fraction of sp³-hybridized carbons (Fsp3) is 1.00. The third kappa shape index (κ3) is 4.64. The summed E-state index contributed by atoms with van der Waals surface area (Å²) in [5.41, 5.74) is 6.96. The molecule has 6 heteroatoms. The van der Waals surface area contributed by atoms with Crippen LogP contribution in [-0.4, -0.2) is 36.7 Å². The van der Waals surface area contributed by atoms with Gasteiger partial charge < -0.3 is 19.0 Å². The maximum atomic E-state index is 6.96. The molecule has 0 aliphatic heterocycles. The predicted molar refractivity (Wildman–Crippen MR) is 45.4 cm³/mol. The standard InChI is InChI=1S/C6H16NO3Si.Ru/c1-8-11(9-2,10-3)6-4-5-7;/h7H,4-6H2,1-3H3;/q-1;+1. The molecule has 0 aromatic rings. The molecule has 0 aliphatic carbocycles. The van der Waals surface area contributed by atoms with Gasteiger partial charge in [-0.2, -0.15) is 6.54 Å². The van der Waals surface area contributed by atoms with Gasteiger partial charge in [0.15, 0.2) is 0 Å². The van der Waals surface area contributed by atoms with Crippen LogP contribution >= 0.6 is 0 Å². The summed E-state index contributed by atoms with van der Waals surface area (Å²) >= 11 is 0. The van der Waals surface area contributed by atoms with E-state index in [0.717, 1.165) is 12.5 Å². The van der Waals surface area contributed by atoms with E-state index in [2.05, 4.69) is 0 Å². The van der Waals surface area contributed by atoms with Gasteiger partial charge in [0, 0.05) is 27.4 Å². The Labute approximate surface area is 87.9 Å². The van der Waals surface area contributed by atoms with Crippen LogP contribution < -0.4 is 0 Å². The Bertz CT molecular complexity index is 94.5. The van der Waals surface area contributed by atoms with Crippen molar-refractivity contribution in [2.45, 2.75) is 12.5 Å². The second kappa shape index (κ2) is 8.29. The third-order valence-electron chi connectivity index (χ3n) is 1.59. The van der Waals surface area contributed by atoms with Crippen LogP contribution in [0, 0.1) is 0 Å². The number of rotatable bonds is 6. The minimum atomic E-state index is -2.36. The summed E-state index contributed by atoms with van der Waals surface area (Å²) in [5.74, 6) is 0. The maximum absolute atomic E-state index is 6.96. The van der Waals surface area contributed by atoms with Crippen LogP contribution in [0.25, 0.3) is 5.73 Å². The van der Waals surface area contributed by atoms with E-state index in [1.807, 2.05) is 0 Å². The van der Waals surface area contributed by atoms with Crippen molar-refractivity contribution in [2.24, 2.45) is 0 Å². The van der Waals surface area contributed by atoms with Crippen LogP contribution in [-0.2, 0) is 32.8 Å². The zero-order valence-electron chi connectivity index (χ0n) is 7.70. The first kappa shape index (κ1) is 15.2. The summed E-state index contributed by atoms with van der Waals surface area (Å²) in [6.07, 6.45) is 0.766. The fourth-order valence-electron chi connectivity index (χ4n) is 0.861. The summed E-state index contributed by atoms with van der Waals surface area (Å²) in [7, 11) is 2.40. The van der Waals surface area contributed by atoms with Gasteiger partial charge in [-0.1, -0.05) is 6.42 Å². The van der Waals surface area contributed by atoms with E-state index in [4.69, 9.17) is 19.0 Å². The van der Waals surface area contributed by atoms with Crippen molar-refractivity contribution in [1.82, 2.24) is 0 Å². The molecule has 0 aromatic carbocycles. The first-order chi connectivity index (χ1) is 5.24. The normalized spacial score (nSPS) is 11.0. The molecule has 0 atom stereocenters. The molecule has 1 radical (unpaired) electrons. The summed E-state index contributed by atoms with van der Waals surface area (Å²) in [6.45, 7) is 0.394. The minimum absolute atomic E-state index is 0. The van der Waals surface area contributed by atoms with Crippen molar-refractivity contribution in [3.05, 3.63) is 5.73 Å². The van der Waals surface area contributed by atoms with Gasteiger partial charge in [0.2, 0.25) is 0 Å². The predicted octanol–water partition coefficient (Wildman–Crippen LogP) is 1.30. The molecule has 0 saturated carbocycles. The van der Waals surface area contributed by atoms with Gasteiger partial charge in [-0.3, -0.25) is 0 Å². The summed E-state index contributed by atoms with van der Waals surface area (Å²) in [4.78, 5) is 0. The molecule has 0 heterocycles. The topological polar surface area (TPSA) is 51.5 Å². The van der Waals surface area contributed by atoms with Crippen molar-refractivity contribution in [3.8, 4) is 0 Å². The largest absolute Gasteiger partial charge is 1.00 e. The Morgan fingerprint density at radius 3 is 1.75 bits per heavy atom. The van der Waals surface area contributed by atoms with E-state index in [-0.39, 0.29) is 19.5 Å². The van der Waals surface area contributed by atoms with Crippen LogP contribution in [0.1, 0.15) is 6.42 Å². The van der Waals surface area contributed by atoms with Crippen molar-refractivity contribution in [1.29, 1.82) is 0 Å². The van der Waals surface area contributed by atoms with Gasteiger partial charge >= 0.3 is 28.3 Å². The maximum Gasteiger partial charge on any atom is 1.00 e. The average molecular weight is 279 g/mol. The second-order valence-corrected chi connectivity index (χ2v) is 5.24. The van der Waals surface area contributed by atoms with Gasteiger partial charge in [0.05, 0.1) is 0 Å². The molecule has 0 fully saturated rings. The average Bonchev–Trinajstić information content (AvgIpc) is 2.08. The molecule has 0 unspecified atom stereocenters. The van der Waals surface area contributed by atoms with Crippen molar-refractivity contribution in [3.63, 3.8) is 0 Å². The van der Waals surface area contributed by atoms with Gasteiger partial charge in [0.25, 0.3) is 0 Å². The van der Waals surface area contributed by atoms with E-state index in [1.165, 1.54) is 0 Å². The van der Waals surface area contributed by atoms with E-state index >= 15 is 0 Å². The van der Waals surface area contributed by atoms with Gasteiger partial charge in [-0.25, -0.2) is 0 Å². The van der Waals surface area contributed by atoms with Gasteiger partial charge in [-0.15, -0.1) is 0 Å². The molecular formula is C6H16NO3RuSi. The Kier molecular flexibility index (Phi) is 10.5. The Balaban J connectivity index is 0. The first-order valence-electron chi connectivity index (χ1n) is 3.54. The molecule has 0 aliphatic rings. The van der Waals surface area contributed by atoms with Crippen LogP contribution in [0.15, 0.2) is 0 Å². The number of nitrogens with one attached hydrogen (secondary N) is 1. The number of hydrogen-bond acceptors (Lipinski definition) is 3. The van der Waals surface area contributed by atoms with Crippen molar-refractivity contribution in [2.75, 3.05) is 27.9 Å². The van der Waals surface area contributed by atoms with Crippen LogP contribution in [0.2, 0.25) is 6.04 Å². The SMILES string of the molecule is CO[Si](CCC[NH-])(OC)OC.[Ru+]. The zero-order valence-corrected chi connectivity index (χ0v) is 10.4. The van der Waals surface area contributed by atoms with Crippen molar-refractivity contribution >= 4 is 8.80 Å².